The Bertz CT molecular complexity index is 1830. The van der Waals surface area contributed by atoms with Gasteiger partial charge in [-0.1, -0.05) is 11.6 Å². The minimum absolute atomic E-state index is 0.0465. The summed E-state index contributed by atoms with van der Waals surface area (Å²) in [5.41, 5.74) is 3.58. The number of esters is 1. The van der Waals surface area contributed by atoms with Crippen molar-refractivity contribution < 1.29 is 37.0 Å². The minimum atomic E-state index is -4.53. The average Bonchev–Trinajstić information content (AvgIpc) is 3.31. The Morgan fingerprint density at radius 2 is 1.81 bits per heavy atom. The summed E-state index contributed by atoms with van der Waals surface area (Å²) in [6, 6.07) is 15.9. The fourth-order valence-corrected chi connectivity index (χ4v) is 5.92. The van der Waals surface area contributed by atoms with Crippen LogP contribution in [0.4, 0.5) is 23.8 Å². The molecule has 2 aliphatic rings. The zero-order valence-corrected chi connectivity index (χ0v) is 26.3. The number of carbonyl (C=O) groups is 2. The maximum Gasteiger partial charge on any atom is 0.416 e. The number of nitrogens with zero attached hydrogens (tertiary/aromatic N) is 4. The van der Waals surface area contributed by atoms with Crippen LogP contribution in [-0.4, -0.2) is 60.3 Å². The average molecular weight is 647 g/mol. The van der Waals surface area contributed by atoms with E-state index in [4.69, 9.17) is 19.2 Å². The molecule has 2 atom stereocenters. The Morgan fingerprint density at radius 1 is 1.02 bits per heavy atom. The smallest absolute Gasteiger partial charge is 0.416 e. The monoisotopic (exact) mass is 646 g/mol. The predicted octanol–water partition coefficient (Wildman–Crippen LogP) is 7.23. The standard InChI is InChI=1S/C35H33F3N4O5/c1-20-14-24(16-25(15-20)35(36,37)38)32-21(2)42(34(44)47-32)19-29-26(8-11-31(40-29)41-12-5-13-41)27-17-22(7-10-30(27)45-3)28-9-6-23(18-39-28)33(43)46-4/h6-11,14-18,21,32H,5,12-13,19H2,1-4H3/t21-,32-/m0/s1. The Balaban J connectivity index is 1.37. The van der Waals surface area contributed by atoms with Gasteiger partial charge in [-0.2, -0.15) is 13.2 Å². The number of anilines is 1. The third-order valence-corrected chi connectivity index (χ3v) is 8.58. The molecule has 2 aliphatic heterocycles. The number of benzene rings is 2. The van der Waals surface area contributed by atoms with E-state index < -0.39 is 35.9 Å². The molecule has 1 amide bonds. The summed E-state index contributed by atoms with van der Waals surface area (Å²) in [6.45, 7) is 5.10. The molecule has 244 valence electrons. The first-order valence-corrected chi connectivity index (χ1v) is 15.1. The Morgan fingerprint density at radius 3 is 2.45 bits per heavy atom. The molecule has 0 unspecified atom stereocenters. The first kappa shape index (κ1) is 31.8. The molecule has 0 bridgehead atoms. The van der Waals surface area contributed by atoms with Crippen LogP contribution in [0.5, 0.6) is 5.75 Å². The van der Waals surface area contributed by atoms with Crippen molar-refractivity contribution in [2.45, 2.75) is 45.1 Å². The SMILES string of the molecule is COC(=O)c1ccc(-c2ccc(OC)c(-c3ccc(N4CCC4)nc3CN3C(=O)O[C@H](c4cc(C)cc(C(F)(F)F)c4)[C@@H]3C)c2)nc1. The Kier molecular flexibility index (Phi) is 8.52. The minimum Gasteiger partial charge on any atom is -0.496 e. The number of aromatic nitrogens is 2. The quantitative estimate of drug-likeness (QED) is 0.185. The van der Waals surface area contributed by atoms with E-state index in [0.717, 1.165) is 43.0 Å². The van der Waals surface area contributed by atoms with Gasteiger partial charge in [-0.3, -0.25) is 9.88 Å². The number of halogens is 3. The lowest BCUT2D eigenvalue weighted by Crippen LogP contribution is -2.38. The van der Waals surface area contributed by atoms with Gasteiger partial charge in [-0.05, 0) is 80.4 Å². The predicted molar refractivity (Wildman–Crippen MR) is 168 cm³/mol. The summed E-state index contributed by atoms with van der Waals surface area (Å²) in [4.78, 5) is 38.3. The Hall–Kier alpha value is -5.13. The molecule has 2 saturated heterocycles. The molecule has 0 aliphatic carbocycles. The van der Waals surface area contributed by atoms with Gasteiger partial charge in [0.2, 0.25) is 0 Å². The van der Waals surface area contributed by atoms with E-state index in [1.54, 1.807) is 39.2 Å². The topological polar surface area (TPSA) is 94.1 Å². The number of hydrogen-bond acceptors (Lipinski definition) is 8. The lowest BCUT2D eigenvalue weighted by Gasteiger charge is -2.33. The van der Waals surface area contributed by atoms with Crippen LogP contribution in [0.25, 0.3) is 22.4 Å². The third kappa shape index (κ3) is 6.32. The second kappa shape index (κ2) is 12.6. The summed E-state index contributed by atoms with van der Waals surface area (Å²) in [5, 5.41) is 0. The lowest BCUT2D eigenvalue weighted by atomic mass is 9.97. The van der Waals surface area contributed by atoms with Gasteiger partial charge in [-0.25, -0.2) is 14.6 Å². The Labute approximate surface area is 269 Å². The number of alkyl halides is 3. The molecule has 9 nitrogen and oxygen atoms in total. The summed E-state index contributed by atoms with van der Waals surface area (Å²) in [6.07, 6.45) is -3.58. The van der Waals surface area contributed by atoms with Gasteiger partial charge in [-0.15, -0.1) is 0 Å². The molecular formula is C35H33F3N4O5. The molecule has 4 aromatic rings. The summed E-state index contributed by atoms with van der Waals surface area (Å²) < 4.78 is 57.1. The van der Waals surface area contributed by atoms with Crippen LogP contribution in [0.2, 0.25) is 0 Å². The molecule has 12 heteroatoms. The lowest BCUT2D eigenvalue weighted by molar-refractivity contribution is -0.137. The van der Waals surface area contributed by atoms with Crippen LogP contribution >= 0.6 is 0 Å². The molecule has 2 aromatic heterocycles. The number of carbonyl (C=O) groups excluding carboxylic acids is 2. The van der Waals surface area contributed by atoms with Crippen molar-refractivity contribution in [3.05, 3.63) is 94.8 Å². The van der Waals surface area contributed by atoms with Crippen molar-refractivity contribution in [1.82, 2.24) is 14.9 Å². The van der Waals surface area contributed by atoms with Crippen molar-refractivity contribution in [3.63, 3.8) is 0 Å². The summed E-state index contributed by atoms with van der Waals surface area (Å²) >= 11 is 0. The normalized spacial score (nSPS) is 17.7. The number of hydrogen-bond donors (Lipinski definition) is 0. The van der Waals surface area contributed by atoms with Gasteiger partial charge in [0.25, 0.3) is 0 Å². The van der Waals surface area contributed by atoms with E-state index in [1.807, 2.05) is 30.3 Å². The summed E-state index contributed by atoms with van der Waals surface area (Å²) in [5.74, 6) is 0.835. The maximum absolute atomic E-state index is 13.6. The molecule has 2 fully saturated rings. The van der Waals surface area contributed by atoms with Crippen LogP contribution in [-0.2, 0) is 22.2 Å². The maximum atomic E-state index is 13.6. The first-order chi connectivity index (χ1) is 22.5. The molecule has 4 heterocycles. The van der Waals surface area contributed by atoms with Gasteiger partial charge >= 0.3 is 18.2 Å². The second-order valence-corrected chi connectivity index (χ2v) is 11.6. The molecule has 2 aromatic carbocycles. The van der Waals surface area contributed by atoms with Gasteiger partial charge in [0.15, 0.2) is 0 Å². The van der Waals surface area contributed by atoms with E-state index in [-0.39, 0.29) is 12.1 Å². The van der Waals surface area contributed by atoms with Gasteiger partial charge < -0.3 is 19.1 Å². The first-order valence-electron chi connectivity index (χ1n) is 15.1. The van der Waals surface area contributed by atoms with Gasteiger partial charge in [0, 0.05) is 36.0 Å². The second-order valence-electron chi connectivity index (χ2n) is 11.6. The highest BCUT2D eigenvalue weighted by atomic mass is 19.4. The van der Waals surface area contributed by atoms with Gasteiger partial charge in [0.1, 0.15) is 17.7 Å². The summed E-state index contributed by atoms with van der Waals surface area (Å²) in [7, 11) is 2.87. The molecular weight excluding hydrogens is 613 g/mol. The van der Waals surface area contributed by atoms with Crippen molar-refractivity contribution >= 4 is 17.9 Å². The highest BCUT2D eigenvalue weighted by Crippen LogP contribution is 2.40. The van der Waals surface area contributed by atoms with E-state index >= 15 is 0 Å². The van der Waals surface area contributed by atoms with Gasteiger partial charge in [0.05, 0.1) is 49.3 Å². The van der Waals surface area contributed by atoms with Crippen LogP contribution in [0.15, 0.2) is 66.9 Å². The number of pyridine rings is 2. The number of aryl methyl sites for hydroxylation is 1. The van der Waals surface area contributed by atoms with Crippen molar-refractivity contribution in [1.29, 1.82) is 0 Å². The molecule has 0 saturated carbocycles. The van der Waals surface area contributed by atoms with Crippen molar-refractivity contribution in [2.75, 3.05) is 32.2 Å². The van der Waals surface area contributed by atoms with E-state index in [9.17, 15) is 22.8 Å². The number of cyclic esters (lactones) is 1. The van der Waals surface area contributed by atoms with Crippen molar-refractivity contribution in [3.8, 4) is 28.1 Å². The van der Waals surface area contributed by atoms with E-state index in [1.165, 1.54) is 18.2 Å². The fraction of sp³-hybridized carbons (Fsp3) is 0.314. The van der Waals surface area contributed by atoms with Crippen molar-refractivity contribution in [2.24, 2.45) is 0 Å². The zero-order chi connectivity index (χ0) is 33.5. The van der Waals surface area contributed by atoms with E-state index in [2.05, 4.69) is 9.88 Å². The molecule has 47 heavy (non-hydrogen) atoms. The highest BCUT2D eigenvalue weighted by molar-refractivity contribution is 5.89. The number of amides is 1. The van der Waals surface area contributed by atoms with Crippen LogP contribution in [0, 0.1) is 6.92 Å². The number of methoxy groups -OCH3 is 2. The van der Waals surface area contributed by atoms with Crippen LogP contribution < -0.4 is 9.64 Å². The fourth-order valence-electron chi connectivity index (χ4n) is 5.92. The zero-order valence-electron chi connectivity index (χ0n) is 26.3. The van der Waals surface area contributed by atoms with E-state index in [0.29, 0.717) is 39.4 Å². The van der Waals surface area contributed by atoms with Crippen LogP contribution in [0.3, 0.4) is 0 Å². The molecule has 6 rings (SSSR count). The largest absolute Gasteiger partial charge is 0.496 e. The number of rotatable bonds is 8. The van der Waals surface area contributed by atoms with Crippen LogP contribution in [0.1, 0.15) is 52.2 Å². The molecule has 0 radical (unpaired) electrons. The highest BCUT2D eigenvalue weighted by Gasteiger charge is 2.41. The molecule has 0 N–H and O–H groups in total. The third-order valence-electron chi connectivity index (χ3n) is 8.58. The number of ether oxygens (including phenoxy) is 3. The molecule has 0 spiro atoms.